The molecule has 138 valence electrons. The zero-order valence-corrected chi connectivity index (χ0v) is 14.7. The lowest BCUT2D eigenvalue weighted by atomic mass is 9.99. The number of ether oxygens (including phenoxy) is 1. The van der Waals surface area contributed by atoms with Gasteiger partial charge in [0.1, 0.15) is 17.2 Å². The van der Waals surface area contributed by atoms with E-state index in [0.717, 1.165) is 12.2 Å². The first-order chi connectivity index (χ1) is 12.1. The van der Waals surface area contributed by atoms with Crippen LogP contribution >= 0.6 is 0 Å². The van der Waals surface area contributed by atoms with Gasteiger partial charge in [-0.1, -0.05) is 32.9 Å². The zero-order valence-electron chi connectivity index (χ0n) is 14.7. The second-order valence-corrected chi connectivity index (χ2v) is 7.25. The van der Waals surface area contributed by atoms with Crippen LogP contribution in [0.3, 0.4) is 0 Å². The van der Waals surface area contributed by atoms with Crippen molar-refractivity contribution in [1.29, 1.82) is 0 Å². The molecule has 7 heteroatoms. The van der Waals surface area contributed by atoms with Crippen LogP contribution in [0, 0.1) is 5.41 Å². The Morgan fingerprint density at radius 2 is 2.00 bits per heavy atom. The molecular weight excluding hydrogens is 345 g/mol. The number of halogens is 3. The van der Waals surface area contributed by atoms with Crippen LogP contribution in [0.4, 0.5) is 13.2 Å². The molecule has 4 nitrogen and oxygen atoms in total. The van der Waals surface area contributed by atoms with Crippen LogP contribution in [0.2, 0.25) is 0 Å². The number of fused-ring (bicyclic) bond motifs is 1. The standard InChI is InChI=1S/C19H19F3N2O2/c1-18(2,3)11-25-16-10-23-8-7-13(16)17-24-14-9-12(19(20,21)22)5-4-6-15(14)26-17/h4-5,7-10H,6,11H2,1-3H3. The summed E-state index contributed by atoms with van der Waals surface area (Å²) < 4.78 is 50.6. The largest absolute Gasteiger partial charge is 0.491 e. The topological polar surface area (TPSA) is 48.2 Å². The highest BCUT2D eigenvalue weighted by atomic mass is 19.4. The summed E-state index contributed by atoms with van der Waals surface area (Å²) in [6.45, 7) is 6.55. The molecule has 2 aromatic rings. The van der Waals surface area contributed by atoms with Gasteiger partial charge in [-0.05, 0) is 17.6 Å². The summed E-state index contributed by atoms with van der Waals surface area (Å²) in [5.41, 5.74) is -0.0788. The van der Waals surface area contributed by atoms with E-state index >= 15 is 0 Å². The number of oxazole rings is 1. The van der Waals surface area contributed by atoms with Crippen molar-refractivity contribution in [2.45, 2.75) is 33.4 Å². The number of nitrogens with zero attached hydrogens (tertiary/aromatic N) is 2. The Kier molecular flexibility index (Phi) is 4.64. The lowest BCUT2D eigenvalue weighted by Gasteiger charge is -2.19. The summed E-state index contributed by atoms with van der Waals surface area (Å²) in [6, 6.07) is 1.67. The van der Waals surface area contributed by atoms with E-state index in [4.69, 9.17) is 9.15 Å². The minimum absolute atomic E-state index is 0.0595. The third kappa shape index (κ3) is 4.15. The molecule has 0 aliphatic heterocycles. The van der Waals surface area contributed by atoms with E-state index in [1.807, 2.05) is 20.8 Å². The van der Waals surface area contributed by atoms with Gasteiger partial charge in [-0.15, -0.1) is 0 Å². The van der Waals surface area contributed by atoms with Crippen LogP contribution in [-0.4, -0.2) is 22.8 Å². The van der Waals surface area contributed by atoms with Crippen molar-refractivity contribution < 1.29 is 22.3 Å². The van der Waals surface area contributed by atoms with Gasteiger partial charge in [0.25, 0.3) is 0 Å². The quantitative estimate of drug-likeness (QED) is 0.749. The minimum Gasteiger partial charge on any atom is -0.491 e. The average Bonchev–Trinajstić information content (AvgIpc) is 2.82. The average molecular weight is 364 g/mol. The highest BCUT2D eigenvalue weighted by Crippen LogP contribution is 2.35. The summed E-state index contributed by atoms with van der Waals surface area (Å²) >= 11 is 0. The van der Waals surface area contributed by atoms with E-state index in [1.54, 1.807) is 18.5 Å². The highest BCUT2D eigenvalue weighted by Gasteiger charge is 2.33. The van der Waals surface area contributed by atoms with Gasteiger partial charge in [0, 0.05) is 12.6 Å². The Morgan fingerprint density at radius 3 is 2.69 bits per heavy atom. The van der Waals surface area contributed by atoms with Crippen LogP contribution < -0.4 is 4.74 Å². The van der Waals surface area contributed by atoms with E-state index in [1.165, 1.54) is 6.08 Å². The molecule has 26 heavy (non-hydrogen) atoms. The van der Waals surface area contributed by atoms with Gasteiger partial charge in [0.05, 0.1) is 23.9 Å². The lowest BCUT2D eigenvalue weighted by molar-refractivity contribution is -0.0873. The third-order valence-corrected chi connectivity index (χ3v) is 3.62. The van der Waals surface area contributed by atoms with E-state index < -0.39 is 11.7 Å². The Hall–Kier alpha value is -2.57. The predicted octanol–water partition coefficient (Wildman–Crippen LogP) is 5.22. The van der Waals surface area contributed by atoms with Crippen LogP contribution in [-0.2, 0) is 6.42 Å². The van der Waals surface area contributed by atoms with Crippen molar-refractivity contribution in [2.75, 3.05) is 6.61 Å². The molecule has 0 radical (unpaired) electrons. The summed E-state index contributed by atoms with van der Waals surface area (Å²) in [5, 5.41) is 0. The van der Waals surface area contributed by atoms with Gasteiger partial charge in [0.2, 0.25) is 5.89 Å². The number of hydrogen-bond donors (Lipinski definition) is 0. The maximum absolute atomic E-state index is 13.0. The molecule has 0 fully saturated rings. The van der Waals surface area contributed by atoms with E-state index in [0.29, 0.717) is 23.7 Å². The van der Waals surface area contributed by atoms with Crippen LogP contribution in [0.25, 0.3) is 17.5 Å². The van der Waals surface area contributed by atoms with Crippen molar-refractivity contribution in [2.24, 2.45) is 5.41 Å². The Bertz CT molecular complexity index is 858. The highest BCUT2D eigenvalue weighted by molar-refractivity contribution is 5.66. The minimum atomic E-state index is -4.44. The van der Waals surface area contributed by atoms with Crippen LogP contribution in [0.1, 0.15) is 32.2 Å². The van der Waals surface area contributed by atoms with E-state index in [-0.39, 0.29) is 23.4 Å². The van der Waals surface area contributed by atoms with E-state index in [9.17, 15) is 13.2 Å². The van der Waals surface area contributed by atoms with Crippen molar-refractivity contribution in [3.05, 3.63) is 47.6 Å². The Morgan fingerprint density at radius 1 is 1.23 bits per heavy atom. The van der Waals surface area contributed by atoms with Crippen LogP contribution in [0.5, 0.6) is 5.75 Å². The molecule has 0 aromatic carbocycles. The van der Waals surface area contributed by atoms with Gasteiger partial charge >= 0.3 is 6.18 Å². The van der Waals surface area contributed by atoms with Gasteiger partial charge in [-0.3, -0.25) is 4.98 Å². The summed E-state index contributed by atoms with van der Waals surface area (Å²) in [4.78, 5) is 8.31. The molecule has 0 N–H and O–H groups in total. The van der Waals surface area contributed by atoms with Gasteiger partial charge in [-0.25, -0.2) is 4.98 Å². The molecular formula is C19H19F3N2O2. The number of rotatable bonds is 3. The molecule has 2 heterocycles. The maximum Gasteiger partial charge on any atom is 0.416 e. The van der Waals surface area contributed by atoms with Gasteiger partial charge in [-0.2, -0.15) is 13.2 Å². The summed E-state index contributed by atoms with van der Waals surface area (Å²) in [7, 11) is 0. The first-order valence-corrected chi connectivity index (χ1v) is 8.16. The Labute approximate surface area is 149 Å². The number of pyridine rings is 1. The molecule has 0 spiro atoms. The molecule has 2 aromatic heterocycles. The first kappa shape index (κ1) is 18.2. The van der Waals surface area contributed by atoms with Crippen molar-refractivity contribution in [3.8, 4) is 17.2 Å². The monoisotopic (exact) mass is 364 g/mol. The number of alkyl halides is 3. The van der Waals surface area contributed by atoms with Gasteiger partial charge in [0.15, 0.2) is 0 Å². The molecule has 1 aliphatic carbocycles. The fourth-order valence-electron chi connectivity index (χ4n) is 2.37. The molecule has 0 unspecified atom stereocenters. The molecule has 3 rings (SSSR count). The predicted molar refractivity (Wildman–Crippen MR) is 91.6 cm³/mol. The SMILES string of the molecule is CC(C)(C)COc1cnccc1-c1nc2c(o1)CC=CC(C(F)(F)F)=C2. The molecule has 0 atom stereocenters. The zero-order chi connectivity index (χ0) is 18.9. The molecule has 0 amide bonds. The fourth-order valence-corrected chi connectivity index (χ4v) is 2.37. The molecule has 0 bridgehead atoms. The maximum atomic E-state index is 13.0. The smallest absolute Gasteiger partial charge is 0.416 e. The Balaban J connectivity index is 1.96. The van der Waals surface area contributed by atoms with Crippen LogP contribution in [0.15, 0.2) is 40.6 Å². The van der Waals surface area contributed by atoms with Crippen molar-refractivity contribution >= 4 is 6.08 Å². The first-order valence-electron chi connectivity index (χ1n) is 8.16. The molecule has 0 saturated heterocycles. The fraction of sp³-hybridized carbons (Fsp3) is 0.368. The van der Waals surface area contributed by atoms with E-state index in [2.05, 4.69) is 9.97 Å². The number of hydrogen-bond acceptors (Lipinski definition) is 4. The summed E-state index contributed by atoms with van der Waals surface area (Å²) in [6.07, 6.45) is 2.38. The number of aromatic nitrogens is 2. The number of allylic oxidation sites excluding steroid dienone is 3. The van der Waals surface area contributed by atoms with Crippen molar-refractivity contribution in [3.63, 3.8) is 0 Å². The third-order valence-electron chi connectivity index (χ3n) is 3.62. The van der Waals surface area contributed by atoms with Gasteiger partial charge < -0.3 is 9.15 Å². The lowest BCUT2D eigenvalue weighted by Crippen LogP contribution is -2.17. The normalized spacial score (nSPS) is 14.6. The van der Waals surface area contributed by atoms with Crippen molar-refractivity contribution in [1.82, 2.24) is 9.97 Å². The summed E-state index contributed by atoms with van der Waals surface area (Å²) in [5.74, 6) is 1.08. The second kappa shape index (κ2) is 6.63. The molecule has 1 aliphatic rings. The second-order valence-electron chi connectivity index (χ2n) is 7.25. The molecule has 0 saturated carbocycles.